The molecular formula is C10H11F4NO. The second-order valence-electron chi connectivity index (χ2n) is 3.67. The van der Waals surface area contributed by atoms with Gasteiger partial charge in [0.05, 0.1) is 5.56 Å². The Balaban J connectivity index is 3.30. The number of alkyl halides is 3. The SMILES string of the molecule is CC(O)(CN)c1cc(C(F)(F)F)ccc1F. The maximum Gasteiger partial charge on any atom is 0.416 e. The van der Waals surface area contributed by atoms with Crippen LogP contribution in [-0.4, -0.2) is 11.7 Å². The van der Waals surface area contributed by atoms with Crippen LogP contribution in [0.1, 0.15) is 18.1 Å². The lowest BCUT2D eigenvalue weighted by atomic mass is 9.94. The molecule has 0 aromatic heterocycles. The van der Waals surface area contributed by atoms with E-state index in [9.17, 15) is 22.7 Å². The van der Waals surface area contributed by atoms with Crippen LogP contribution in [-0.2, 0) is 11.8 Å². The molecule has 0 aliphatic heterocycles. The summed E-state index contributed by atoms with van der Waals surface area (Å²) in [6.07, 6.45) is -4.58. The highest BCUT2D eigenvalue weighted by Gasteiger charge is 2.34. The Morgan fingerprint density at radius 3 is 2.31 bits per heavy atom. The van der Waals surface area contributed by atoms with Crippen LogP contribution < -0.4 is 5.73 Å². The topological polar surface area (TPSA) is 46.2 Å². The molecule has 0 aliphatic carbocycles. The minimum absolute atomic E-state index is 0.370. The number of benzene rings is 1. The van der Waals surface area contributed by atoms with E-state index in [0.717, 1.165) is 6.92 Å². The average Bonchev–Trinajstić information content (AvgIpc) is 2.16. The summed E-state index contributed by atoms with van der Waals surface area (Å²) in [6.45, 7) is 0.788. The molecule has 0 aliphatic rings. The van der Waals surface area contributed by atoms with Crippen molar-refractivity contribution in [3.8, 4) is 0 Å². The van der Waals surface area contributed by atoms with Gasteiger partial charge in [0.25, 0.3) is 0 Å². The molecule has 1 aromatic carbocycles. The van der Waals surface area contributed by atoms with Crippen molar-refractivity contribution in [1.82, 2.24) is 0 Å². The molecule has 0 fully saturated rings. The van der Waals surface area contributed by atoms with Crippen molar-refractivity contribution in [3.05, 3.63) is 35.1 Å². The molecule has 0 radical (unpaired) electrons. The normalized spacial score (nSPS) is 15.9. The Kier molecular flexibility index (Phi) is 3.25. The van der Waals surface area contributed by atoms with E-state index in [0.29, 0.717) is 18.2 Å². The first-order chi connectivity index (χ1) is 7.18. The smallest absolute Gasteiger partial charge is 0.384 e. The fourth-order valence-corrected chi connectivity index (χ4v) is 1.22. The van der Waals surface area contributed by atoms with Gasteiger partial charge in [0.1, 0.15) is 11.4 Å². The molecule has 1 aromatic rings. The summed E-state index contributed by atoms with van der Waals surface area (Å²) < 4.78 is 50.3. The van der Waals surface area contributed by atoms with E-state index in [4.69, 9.17) is 5.73 Å². The number of hydrogen-bond donors (Lipinski definition) is 2. The van der Waals surface area contributed by atoms with Gasteiger partial charge in [0.2, 0.25) is 0 Å². The van der Waals surface area contributed by atoms with Gasteiger partial charge in [0.15, 0.2) is 0 Å². The third-order valence-electron chi connectivity index (χ3n) is 2.27. The molecule has 6 heteroatoms. The molecule has 0 saturated carbocycles. The van der Waals surface area contributed by atoms with Crippen molar-refractivity contribution in [2.75, 3.05) is 6.54 Å². The maximum atomic E-state index is 13.3. The van der Waals surface area contributed by atoms with Gasteiger partial charge in [-0.05, 0) is 25.1 Å². The van der Waals surface area contributed by atoms with Gasteiger partial charge < -0.3 is 10.8 Å². The number of halogens is 4. The number of aliphatic hydroxyl groups is 1. The Bertz CT molecular complexity index is 387. The van der Waals surface area contributed by atoms with Crippen LogP contribution in [0, 0.1) is 5.82 Å². The number of rotatable bonds is 2. The highest BCUT2D eigenvalue weighted by molar-refractivity contribution is 5.31. The molecule has 1 unspecified atom stereocenters. The first kappa shape index (κ1) is 12.9. The number of nitrogens with two attached hydrogens (primary N) is 1. The van der Waals surface area contributed by atoms with Gasteiger partial charge in [-0.3, -0.25) is 0 Å². The third kappa shape index (κ3) is 2.51. The highest BCUT2D eigenvalue weighted by atomic mass is 19.4. The zero-order chi connectivity index (χ0) is 12.6. The van der Waals surface area contributed by atoms with Crippen molar-refractivity contribution in [3.63, 3.8) is 0 Å². The van der Waals surface area contributed by atoms with E-state index in [2.05, 4.69) is 0 Å². The summed E-state index contributed by atoms with van der Waals surface area (Å²) in [5.41, 5.74) is 1.88. The first-order valence-corrected chi connectivity index (χ1v) is 4.48. The standard InChI is InChI=1S/C10H11F4NO/c1-9(16,5-15)7-4-6(10(12,13)14)2-3-8(7)11/h2-4,16H,5,15H2,1H3. The van der Waals surface area contributed by atoms with Gasteiger partial charge in [-0.1, -0.05) is 0 Å². The fourth-order valence-electron chi connectivity index (χ4n) is 1.22. The monoisotopic (exact) mass is 237 g/mol. The zero-order valence-corrected chi connectivity index (χ0v) is 8.48. The summed E-state index contributed by atoms with van der Waals surface area (Å²) in [5.74, 6) is -0.913. The molecule has 0 saturated heterocycles. The lowest BCUT2D eigenvalue weighted by Gasteiger charge is -2.23. The highest BCUT2D eigenvalue weighted by Crippen LogP contribution is 2.33. The van der Waals surface area contributed by atoms with Gasteiger partial charge in [-0.2, -0.15) is 13.2 Å². The summed E-state index contributed by atoms with van der Waals surface area (Å²) in [7, 11) is 0. The van der Waals surface area contributed by atoms with Gasteiger partial charge in [-0.25, -0.2) is 4.39 Å². The molecule has 1 atom stereocenters. The van der Waals surface area contributed by atoms with Crippen molar-refractivity contribution in [2.45, 2.75) is 18.7 Å². The quantitative estimate of drug-likeness (QED) is 0.773. The van der Waals surface area contributed by atoms with Crippen LogP contribution in [0.2, 0.25) is 0 Å². The minimum Gasteiger partial charge on any atom is -0.384 e. The Labute approximate surface area is 89.7 Å². The Hall–Kier alpha value is -1.14. The third-order valence-corrected chi connectivity index (χ3v) is 2.27. The van der Waals surface area contributed by atoms with E-state index in [1.807, 2.05) is 0 Å². The summed E-state index contributed by atoms with van der Waals surface area (Å²) in [4.78, 5) is 0. The van der Waals surface area contributed by atoms with Crippen LogP contribution in [0.3, 0.4) is 0 Å². The molecule has 0 bridgehead atoms. The minimum atomic E-state index is -4.58. The van der Waals surface area contributed by atoms with Crippen molar-refractivity contribution in [1.29, 1.82) is 0 Å². The molecule has 0 heterocycles. The Morgan fingerprint density at radius 1 is 1.31 bits per heavy atom. The first-order valence-electron chi connectivity index (χ1n) is 4.48. The van der Waals surface area contributed by atoms with Crippen molar-refractivity contribution >= 4 is 0 Å². The molecule has 16 heavy (non-hydrogen) atoms. The molecule has 3 N–H and O–H groups in total. The van der Waals surface area contributed by atoms with E-state index < -0.39 is 28.7 Å². The predicted octanol–water partition coefficient (Wildman–Crippen LogP) is 2.01. The lowest BCUT2D eigenvalue weighted by molar-refractivity contribution is -0.137. The van der Waals surface area contributed by atoms with E-state index in [1.54, 1.807) is 0 Å². The predicted molar refractivity (Wildman–Crippen MR) is 50.0 cm³/mol. The van der Waals surface area contributed by atoms with Crippen LogP contribution in [0.15, 0.2) is 18.2 Å². The molecule has 0 spiro atoms. The van der Waals surface area contributed by atoms with Gasteiger partial charge in [0, 0.05) is 12.1 Å². The summed E-state index contributed by atoms with van der Waals surface area (Å²) in [6, 6.07) is 1.86. The van der Waals surface area contributed by atoms with Gasteiger partial charge in [-0.15, -0.1) is 0 Å². The zero-order valence-electron chi connectivity index (χ0n) is 8.48. The Morgan fingerprint density at radius 2 is 1.88 bits per heavy atom. The van der Waals surface area contributed by atoms with Crippen LogP contribution >= 0.6 is 0 Å². The molecule has 1 rings (SSSR count). The van der Waals surface area contributed by atoms with E-state index in [1.165, 1.54) is 0 Å². The van der Waals surface area contributed by atoms with Crippen LogP contribution in [0.4, 0.5) is 17.6 Å². The van der Waals surface area contributed by atoms with Crippen molar-refractivity contribution in [2.24, 2.45) is 5.73 Å². The fraction of sp³-hybridized carbons (Fsp3) is 0.400. The maximum absolute atomic E-state index is 13.3. The summed E-state index contributed by atoms with van der Waals surface area (Å²) >= 11 is 0. The molecule has 0 amide bonds. The van der Waals surface area contributed by atoms with Gasteiger partial charge >= 0.3 is 6.18 Å². The van der Waals surface area contributed by atoms with Crippen molar-refractivity contribution < 1.29 is 22.7 Å². The molecule has 90 valence electrons. The lowest BCUT2D eigenvalue weighted by Crippen LogP contribution is -2.32. The van der Waals surface area contributed by atoms with Crippen LogP contribution in [0.5, 0.6) is 0 Å². The van der Waals surface area contributed by atoms with E-state index in [-0.39, 0.29) is 6.54 Å². The average molecular weight is 237 g/mol. The van der Waals surface area contributed by atoms with E-state index >= 15 is 0 Å². The van der Waals surface area contributed by atoms with Crippen LogP contribution in [0.25, 0.3) is 0 Å². The second-order valence-corrected chi connectivity index (χ2v) is 3.67. The molecular weight excluding hydrogens is 226 g/mol. The summed E-state index contributed by atoms with van der Waals surface area (Å²) in [5, 5.41) is 9.63. The number of hydrogen-bond acceptors (Lipinski definition) is 2. The second kappa shape index (κ2) is 4.03. The molecule has 2 nitrogen and oxygen atoms in total. The largest absolute Gasteiger partial charge is 0.416 e.